The zero-order valence-electron chi connectivity index (χ0n) is 14.7. The predicted molar refractivity (Wildman–Crippen MR) is 96.4 cm³/mol. The zero-order valence-corrected chi connectivity index (χ0v) is 14.7. The summed E-state index contributed by atoms with van der Waals surface area (Å²) in [6.07, 6.45) is -0.907. The van der Waals surface area contributed by atoms with E-state index < -0.39 is 23.6 Å². The van der Waals surface area contributed by atoms with Gasteiger partial charge in [0.15, 0.2) is 0 Å². The minimum atomic E-state index is -1.15. The number of benzene rings is 2. The number of carbonyl (C=O) groups excluding carboxylic acids is 2. The van der Waals surface area contributed by atoms with Gasteiger partial charge in [-0.25, -0.2) is 4.79 Å². The highest BCUT2D eigenvalue weighted by Crippen LogP contribution is 2.15. The van der Waals surface area contributed by atoms with Gasteiger partial charge in [0.2, 0.25) is 0 Å². The molecule has 132 valence electrons. The number of nitrogens with one attached hydrogen (secondary N) is 1. The Morgan fingerprint density at radius 2 is 1.64 bits per heavy atom. The summed E-state index contributed by atoms with van der Waals surface area (Å²) in [6.45, 7) is 5.40. The standard InChI is InChI=1S/C20H23NO4/c1-20(2,3)25-19(24)15-9-11-16(12-10-15)21-18(23)17(22)13-14-7-5-4-6-8-14/h4-12,17,22H,13H2,1-3H3,(H,21,23)/t17-/m1/s1. The molecule has 2 N–H and O–H groups in total. The van der Waals surface area contributed by atoms with Crippen molar-refractivity contribution < 1.29 is 19.4 Å². The highest BCUT2D eigenvalue weighted by molar-refractivity contribution is 5.95. The maximum Gasteiger partial charge on any atom is 0.338 e. The highest BCUT2D eigenvalue weighted by Gasteiger charge is 2.18. The van der Waals surface area contributed by atoms with Gasteiger partial charge in [0.05, 0.1) is 5.56 Å². The number of hydrogen-bond acceptors (Lipinski definition) is 4. The van der Waals surface area contributed by atoms with Crippen LogP contribution in [0.5, 0.6) is 0 Å². The summed E-state index contributed by atoms with van der Waals surface area (Å²) >= 11 is 0. The van der Waals surface area contributed by atoms with Crippen molar-refractivity contribution >= 4 is 17.6 Å². The second kappa shape index (κ2) is 7.94. The summed E-state index contributed by atoms with van der Waals surface area (Å²) in [5.41, 5.74) is 1.22. The molecule has 5 heteroatoms. The predicted octanol–water partition coefficient (Wildman–Crippen LogP) is 3.18. The van der Waals surface area contributed by atoms with E-state index in [0.717, 1.165) is 5.56 Å². The lowest BCUT2D eigenvalue weighted by Crippen LogP contribution is -2.29. The van der Waals surface area contributed by atoms with Crippen molar-refractivity contribution in [3.8, 4) is 0 Å². The van der Waals surface area contributed by atoms with Crippen LogP contribution in [0.4, 0.5) is 5.69 Å². The maximum atomic E-state index is 12.1. The first-order valence-corrected chi connectivity index (χ1v) is 8.11. The first kappa shape index (κ1) is 18.7. The van der Waals surface area contributed by atoms with Gasteiger partial charge in [-0.05, 0) is 50.6 Å². The van der Waals surface area contributed by atoms with Gasteiger partial charge in [-0.3, -0.25) is 4.79 Å². The van der Waals surface area contributed by atoms with Crippen LogP contribution in [0.15, 0.2) is 54.6 Å². The lowest BCUT2D eigenvalue weighted by atomic mass is 10.1. The van der Waals surface area contributed by atoms with Crippen molar-refractivity contribution in [3.05, 3.63) is 65.7 Å². The minimum absolute atomic E-state index is 0.239. The van der Waals surface area contributed by atoms with Crippen LogP contribution in [-0.4, -0.2) is 28.7 Å². The second-order valence-electron chi connectivity index (χ2n) is 6.77. The quantitative estimate of drug-likeness (QED) is 0.819. The summed E-state index contributed by atoms with van der Waals surface area (Å²) in [6, 6.07) is 15.7. The Bertz CT molecular complexity index is 718. The fraction of sp³-hybridized carbons (Fsp3) is 0.300. The van der Waals surface area contributed by atoms with Gasteiger partial charge in [-0.2, -0.15) is 0 Å². The molecule has 1 atom stereocenters. The number of carbonyl (C=O) groups is 2. The van der Waals surface area contributed by atoms with Gasteiger partial charge >= 0.3 is 5.97 Å². The van der Waals surface area contributed by atoms with Gasteiger partial charge in [0.25, 0.3) is 5.91 Å². The molecule has 5 nitrogen and oxygen atoms in total. The molecule has 0 fully saturated rings. The van der Waals surface area contributed by atoms with Crippen LogP contribution in [0.3, 0.4) is 0 Å². The monoisotopic (exact) mass is 341 g/mol. The Labute approximate surface area is 147 Å². The Hall–Kier alpha value is -2.66. The lowest BCUT2D eigenvalue weighted by molar-refractivity contribution is -0.123. The number of esters is 1. The van der Waals surface area contributed by atoms with E-state index in [2.05, 4.69) is 5.32 Å². The topological polar surface area (TPSA) is 75.6 Å². The van der Waals surface area contributed by atoms with E-state index >= 15 is 0 Å². The van der Waals surface area contributed by atoms with Crippen LogP contribution in [-0.2, 0) is 16.0 Å². The molecule has 25 heavy (non-hydrogen) atoms. The van der Waals surface area contributed by atoms with Crippen LogP contribution < -0.4 is 5.32 Å². The molecule has 0 bridgehead atoms. The van der Waals surface area contributed by atoms with E-state index in [4.69, 9.17) is 4.74 Å². The smallest absolute Gasteiger partial charge is 0.338 e. The molecule has 1 amide bonds. The fourth-order valence-electron chi connectivity index (χ4n) is 2.18. The molecule has 0 aliphatic carbocycles. The van der Waals surface area contributed by atoms with Crippen molar-refractivity contribution in [3.63, 3.8) is 0 Å². The van der Waals surface area contributed by atoms with E-state index in [9.17, 15) is 14.7 Å². The van der Waals surface area contributed by atoms with E-state index in [1.807, 2.05) is 30.3 Å². The van der Waals surface area contributed by atoms with Crippen molar-refractivity contribution in [1.29, 1.82) is 0 Å². The van der Waals surface area contributed by atoms with Crippen LogP contribution >= 0.6 is 0 Å². The SMILES string of the molecule is CC(C)(C)OC(=O)c1ccc(NC(=O)[C@H](O)Cc2ccccc2)cc1. The molecule has 2 aromatic rings. The molecule has 0 aliphatic rings. The van der Waals surface area contributed by atoms with Crippen molar-refractivity contribution in [1.82, 2.24) is 0 Å². The molecule has 0 aromatic heterocycles. The van der Waals surface area contributed by atoms with Gasteiger partial charge in [-0.15, -0.1) is 0 Å². The van der Waals surface area contributed by atoms with E-state index in [0.29, 0.717) is 11.3 Å². The number of aliphatic hydroxyl groups excluding tert-OH is 1. The zero-order chi connectivity index (χ0) is 18.4. The lowest BCUT2D eigenvalue weighted by Gasteiger charge is -2.19. The average Bonchev–Trinajstić information content (AvgIpc) is 2.54. The molecule has 0 radical (unpaired) electrons. The molecule has 0 spiro atoms. The Morgan fingerprint density at radius 1 is 1.04 bits per heavy atom. The number of ether oxygens (including phenoxy) is 1. The molecule has 0 saturated heterocycles. The van der Waals surface area contributed by atoms with Gasteiger partial charge in [0.1, 0.15) is 11.7 Å². The largest absolute Gasteiger partial charge is 0.456 e. The molecule has 0 heterocycles. The summed E-state index contributed by atoms with van der Waals surface area (Å²) in [7, 11) is 0. The van der Waals surface area contributed by atoms with Crippen LogP contribution in [0.2, 0.25) is 0 Å². The van der Waals surface area contributed by atoms with Crippen LogP contribution in [0, 0.1) is 0 Å². The Balaban J connectivity index is 1.94. The third-order valence-corrected chi connectivity index (χ3v) is 3.36. The molecule has 2 rings (SSSR count). The van der Waals surface area contributed by atoms with E-state index in [1.165, 1.54) is 0 Å². The summed E-state index contributed by atoms with van der Waals surface area (Å²) in [5, 5.41) is 12.7. The number of hydrogen-bond donors (Lipinski definition) is 2. The Kier molecular flexibility index (Phi) is 5.93. The Morgan fingerprint density at radius 3 is 2.20 bits per heavy atom. The van der Waals surface area contributed by atoms with Crippen LogP contribution in [0.25, 0.3) is 0 Å². The third kappa shape index (κ3) is 6.04. The number of rotatable bonds is 5. The molecular weight excluding hydrogens is 318 g/mol. The average molecular weight is 341 g/mol. The normalized spacial score (nSPS) is 12.3. The van der Waals surface area contributed by atoms with Gasteiger partial charge in [-0.1, -0.05) is 30.3 Å². The second-order valence-corrected chi connectivity index (χ2v) is 6.77. The molecular formula is C20H23NO4. The molecule has 2 aromatic carbocycles. The molecule has 0 aliphatic heterocycles. The minimum Gasteiger partial charge on any atom is -0.456 e. The number of anilines is 1. The highest BCUT2D eigenvalue weighted by atomic mass is 16.6. The van der Waals surface area contributed by atoms with Gasteiger partial charge < -0.3 is 15.2 Å². The van der Waals surface area contributed by atoms with Crippen molar-refractivity contribution in [2.45, 2.75) is 38.9 Å². The van der Waals surface area contributed by atoms with E-state index in [-0.39, 0.29) is 6.42 Å². The third-order valence-electron chi connectivity index (χ3n) is 3.36. The summed E-state index contributed by atoms with van der Waals surface area (Å²) in [5.74, 6) is -0.914. The summed E-state index contributed by atoms with van der Waals surface area (Å²) in [4.78, 5) is 24.0. The van der Waals surface area contributed by atoms with Crippen molar-refractivity contribution in [2.75, 3.05) is 5.32 Å². The molecule has 0 saturated carbocycles. The van der Waals surface area contributed by atoms with Crippen molar-refractivity contribution in [2.24, 2.45) is 0 Å². The summed E-state index contributed by atoms with van der Waals surface area (Å²) < 4.78 is 5.28. The van der Waals surface area contributed by atoms with Crippen LogP contribution in [0.1, 0.15) is 36.7 Å². The number of aliphatic hydroxyl groups is 1. The fourth-order valence-corrected chi connectivity index (χ4v) is 2.18. The number of amides is 1. The van der Waals surface area contributed by atoms with E-state index in [1.54, 1.807) is 45.0 Å². The molecule has 0 unspecified atom stereocenters. The first-order chi connectivity index (χ1) is 11.7. The first-order valence-electron chi connectivity index (χ1n) is 8.11. The van der Waals surface area contributed by atoms with Gasteiger partial charge in [0, 0.05) is 12.1 Å². The maximum absolute atomic E-state index is 12.1.